The van der Waals surface area contributed by atoms with E-state index in [0.29, 0.717) is 0 Å². The number of thiophene rings is 1. The molecule has 0 bridgehead atoms. The molecule has 0 radical (unpaired) electrons. The third kappa shape index (κ3) is 3.82. The predicted molar refractivity (Wildman–Crippen MR) is 211 cm³/mol. The van der Waals surface area contributed by atoms with Gasteiger partial charge >= 0.3 is 0 Å². The van der Waals surface area contributed by atoms with Gasteiger partial charge in [-0.1, -0.05) is 115 Å². The van der Waals surface area contributed by atoms with E-state index in [4.69, 9.17) is 0 Å². The normalized spacial score (nSPS) is 12.1. The predicted octanol–water partition coefficient (Wildman–Crippen LogP) is 13.1. The monoisotopic (exact) mass is 640 g/mol. The summed E-state index contributed by atoms with van der Waals surface area (Å²) in [6.07, 6.45) is 0. The van der Waals surface area contributed by atoms with Crippen LogP contribution in [0.3, 0.4) is 0 Å². The van der Waals surface area contributed by atoms with Crippen LogP contribution in [0.15, 0.2) is 170 Å². The fourth-order valence-corrected chi connectivity index (χ4v) is 9.29. The Morgan fingerprint density at radius 1 is 0.327 bits per heavy atom. The maximum atomic E-state index is 2.47. The molecule has 2 nitrogen and oxygen atoms in total. The lowest BCUT2D eigenvalue weighted by atomic mass is 10.0. The van der Waals surface area contributed by atoms with Crippen LogP contribution in [-0.4, -0.2) is 9.13 Å². The highest BCUT2D eigenvalue weighted by molar-refractivity contribution is 7.25. The van der Waals surface area contributed by atoms with Crippen molar-refractivity contribution in [3.8, 4) is 22.5 Å². The summed E-state index contributed by atoms with van der Waals surface area (Å²) in [5, 5.41) is 10.2. The molecular weight excluding hydrogens is 613 g/mol. The van der Waals surface area contributed by atoms with E-state index >= 15 is 0 Å². The zero-order chi connectivity index (χ0) is 32.1. The Hall–Kier alpha value is -6.16. The largest absolute Gasteiger partial charge is 0.309 e. The van der Waals surface area contributed by atoms with E-state index in [1.54, 1.807) is 0 Å². The average molecular weight is 641 g/mol. The van der Waals surface area contributed by atoms with Crippen LogP contribution >= 0.6 is 11.3 Å². The van der Waals surface area contributed by atoms with Gasteiger partial charge in [0.1, 0.15) is 0 Å². The van der Waals surface area contributed by atoms with Gasteiger partial charge in [0, 0.05) is 47.1 Å². The third-order valence-electron chi connectivity index (χ3n) is 10.3. The van der Waals surface area contributed by atoms with Gasteiger partial charge in [-0.15, -0.1) is 11.3 Å². The summed E-state index contributed by atoms with van der Waals surface area (Å²) in [5.74, 6) is 0. The Balaban J connectivity index is 1.16. The number of para-hydroxylation sites is 2. The van der Waals surface area contributed by atoms with Crippen LogP contribution in [0, 0.1) is 0 Å². The molecule has 49 heavy (non-hydrogen) atoms. The van der Waals surface area contributed by atoms with Gasteiger partial charge in [-0.05, 0) is 71.1 Å². The van der Waals surface area contributed by atoms with E-state index in [2.05, 4.69) is 179 Å². The molecule has 228 valence electrons. The summed E-state index contributed by atoms with van der Waals surface area (Å²) in [5.41, 5.74) is 9.74. The summed E-state index contributed by atoms with van der Waals surface area (Å²) >= 11 is 1.87. The Kier molecular flexibility index (Phi) is 5.57. The molecule has 11 rings (SSSR count). The second-order valence-corrected chi connectivity index (χ2v) is 14.0. The molecule has 8 aromatic carbocycles. The van der Waals surface area contributed by atoms with Gasteiger partial charge in [0.15, 0.2) is 0 Å². The lowest BCUT2D eigenvalue weighted by Gasteiger charge is -2.12. The van der Waals surface area contributed by atoms with Gasteiger partial charge in [-0.25, -0.2) is 0 Å². The van der Waals surface area contributed by atoms with Crippen LogP contribution in [-0.2, 0) is 0 Å². The molecule has 0 fully saturated rings. The molecule has 0 N–H and O–H groups in total. The maximum absolute atomic E-state index is 2.47. The fraction of sp³-hybridized carbons (Fsp3) is 0. The minimum Gasteiger partial charge on any atom is -0.309 e. The Labute approximate surface area is 286 Å². The minimum atomic E-state index is 1.20. The number of aromatic nitrogens is 2. The fourth-order valence-electron chi connectivity index (χ4n) is 8.17. The molecule has 3 heterocycles. The molecule has 0 aliphatic carbocycles. The van der Waals surface area contributed by atoms with Crippen molar-refractivity contribution in [2.45, 2.75) is 0 Å². The number of benzene rings is 8. The van der Waals surface area contributed by atoms with Crippen molar-refractivity contribution in [3.63, 3.8) is 0 Å². The molecule has 0 aliphatic heterocycles. The van der Waals surface area contributed by atoms with Crippen LogP contribution in [0.1, 0.15) is 0 Å². The zero-order valence-electron chi connectivity index (χ0n) is 26.5. The van der Waals surface area contributed by atoms with Gasteiger partial charge in [-0.3, -0.25) is 0 Å². The second-order valence-electron chi connectivity index (χ2n) is 12.9. The van der Waals surface area contributed by atoms with Gasteiger partial charge in [0.2, 0.25) is 0 Å². The number of hydrogen-bond donors (Lipinski definition) is 0. The molecule has 0 atom stereocenters. The maximum Gasteiger partial charge on any atom is 0.0555 e. The molecular formula is C46H28N2S. The van der Waals surface area contributed by atoms with E-state index in [1.165, 1.54) is 97.1 Å². The van der Waals surface area contributed by atoms with Crippen molar-refractivity contribution >= 4 is 85.9 Å². The SMILES string of the molecule is c1ccc2c(-n3c4ccccc4c4ccc(-c5ccc6c(c5)c5ccccc5n6-c5cccc6sc7ccccc7c56)cc43)cccc2c1. The van der Waals surface area contributed by atoms with Crippen molar-refractivity contribution < 1.29 is 0 Å². The van der Waals surface area contributed by atoms with Crippen LogP contribution < -0.4 is 0 Å². The topological polar surface area (TPSA) is 9.86 Å². The van der Waals surface area contributed by atoms with Crippen molar-refractivity contribution in [3.05, 3.63) is 170 Å². The summed E-state index contributed by atoms with van der Waals surface area (Å²) in [4.78, 5) is 0. The lowest BCUT2D eigenvalue weighted by Crippen LogP contribution is -1.95. The summed E-state index contributed by atoms with van der Waals surface area (Å²) in [7, 11) is 0. The highest BCUT2D eigenvalue weighted by atomic mass is 32.1. The summed E-state index contributed by atoms with van der Waals surface area (Å²) in [6, 6.07) is 62.5. The first-order chi connectivity index (χ1) is 24.3. The van der Waals surface area contributed by atoms with Gasteiger partial charge < -0.3 is 9.13 Å². The molecule has 3 heteroatoms. The van der Waals surface area contributed by atoms with Crippen LogP contribution in [0.5, 0.6) is 0 Å². The van der Waals surface area contributed by atoms with E-state index in [0.717, 1.165) is 0 Å². The van der Waals surface area contributed by atoms with Crippen LogP contribution in [0.25, 0.3) is 97.1 Å². The molecule has 0 unspecified atom stereocenters. The van der Waals surface area contributed by atoms with Gasteiger partial charge in [0.25, 0.3) is 0 Å². The number of hydrogen-bond acceptors (Lipinski definition) is 1. The standard InChI is InChI=1S/C46H28N2S/c1-2-13-32-29(11-1)12-9-19-38(32)48-39-17-6-3-14-33(39)35-25-23-31(28-43(35)48)30-24-26-41-37(27-30)34-15-4-7-18-40(34)47(41)42-20-10-22-45-46(42)36-16-5-8-21-44(36)49-45/h1-28H. The Morgan fingerprint density at radius 2 is 0.878 bits per heavy atom. The molecule has 0 aliphatic rings. The molecule has 0 saturated carbocycles. The molecule has 0 amide bonds. The van der Waals surface area contributed by atoms with E-state index < -0.39 is 0 Å². The van der Waals surface area contributed by atoms with E-state index in [-0.39, 0.29) is 0 Å². The number of fused-ring (bicyclic) bond motifs is 10. The molecule has 0 spiro atoms. The highest BCUT2D eigenvalue weighted by Gasteiger charge is 2.19. The van der Waals surface area contributed by atoms with Crippen LogP contribution in [0.4, 0.5) is 0 Å². The second kappa shape index (κ2) is 10.2. The first-order valence-electron chi connectivity index (χ1n) is 16.8. The minimum absolute atomic E-state index is 1.20. The first-order valence-corrected chi connectivity index (χ1v) is 17.6. The van der Waals surface area contributed by atoms with Gasteiger partial charge in [0.05, 0.1) is 33.4 Å². The Bertz CT molecular complexity index is 3110. The average Bonchev–Trinajstić information content (AvgIpc) is 3.82. The molecule has 11 aromatic rings. The van der Waals surface area contributed by atoms with Crippen molar-refractivity contribution in [2.75, 3.05) is 0 Å². The Morgan fingerprint density at radius 3 is 1.73 bits per heavy atom. The van der Waals surface area contributed by atoms with Crippen molar-refractivity contribution in [1.82, 2.24) is 9.13 Å². The summed E-state index contributed by atoms with van der Waals surface area (Å²) in [6.45, 7) is 0. The summed E-state index contributed by atoms with van der Waals surface area (Å²) < 4.78 is 7.56. The van der Waals surface area contributed by atoms with E-state index in [9.17, 15) is 0 Å². The smallest absolute Gasteiger partial charge is 0.0555 e. The highest BCUT2D eigenvalue weighted by Crippen LogP contribution is 2.42. The van der Waals surface area contributed by atoms with Crippen LogP contribution in [0.2, 0.25) is 0 Å². The van der Waals surface area contributed by atoms with Gasteiger partial charge in [-0.2, -0.15) is 0 Å². The lowest BCUT2D eigenvalue weighted by molar-refractivity contribution is 1.20. The molecule has 3 aromatic heterocycles. The van der Waals surface area contributed by atoms with Crippen molar-refractivity contribution in [1.29, 1.82) is 0 Å². The quantitative estimate of drug-likeness (QED) is 0.182. The number of nitrogens with zero attached hydrogens (tertiary/aromatic N) is 2. The number of rotatable bonds is 3. The molecule has 0 saturated heterocycles. The first kappa shape index (κ1) is 26.9. The third-order valence-corrected chi connectivity index (χ3v) is 11.4. The van der Waals surface area contributed by atoms with Crippen molar-refractivity contribution in [2.24, 2.45) is 0 Å². The van der Waals surface area contributed by atoms with E-state index in [1.807, 2.05) is 11.3 Å². The zero-order valence-corrected chi connectivity index (χ0v) is 27.3.